The van der Waals surface area contributed by atoms with E-state index in [0.29, 0.717) is 0 Å². The van der Waals surface area contributed by atoms with Gasteiger partial charge in [0.05, 0.1) is 0 Å². The van der Waals surface area contributed by atoms with E-state index in [2.05, 4.69) is 22.9 Å². The number of alkyl halides is 1. The molecule has 1 unspecified atom stereocenters. The maximum Gasteiger partial charge on any atom is 0.317 e. The molecule has 0 aliphatic rings. The molecule has 0 amide bonds. The largest absolute Gasteiger partial charge is 0.480 e. The molecule has 0 aliphatic carbocycles. The van der Waals surface area contributed by atoms with Crippen LogP contribution in [0, 0.1) is 0 Å². The fourth-order valence-electron chi connectivity index (χ4n) is 0.697. The Morgan fingerprint density at radius 3 is 2.60 bits per heavy atom. The summed E-state index contributed by atoms with van der Waals surface area (Å²) in [5, 5.41) is 8.43. The minimum absolute atomic E-state index is 0.348. The van der Waals surface area contributed by atoms with Crippen LogP contribution in [0.25, 0.3) is 0 Å². The zero-order valence-electron chi connectivity index (χ0n) is 6.14. The number of unbranched alkanes of at least 4 members (excludes halogenated alkanes) is 2. The summed E-state index contributed by atoms with van der Waals surface area (Å²) in [4.78, 5) is 9.90. The maximum absolute atomic E-state index is 10.2. The second kappa shape index (κ2) is 5.71. The molecule has 1 atom stereocenters. The van der Waals surface area contributed by atoms with Crippen molar-refractivity contribution >= 4 is 21.9 Å². The van der Waals surface area contributed by atoms with E-state index >= 15 is 0 Å². The Kier molecular flexibility index (Phi) is 5.69. The van der Waals surface area contributed by atoms with Crippen molar-refractivity contribution in [3.05, 3.63) is 0 Å². The van der Waals surface area contributed by atoms with E-state index < -0.39 is 5.97 Å². The first-order chi connectivity index (χ1) is 4.68. The van der Waals surface area contributed by atoms with Crippen LogP contribution >= 0.6 is 15.9 Å². The summed E-state index contributed by atoms with van der Waals surface area (Å²) in [6, 6.07) is 0. The Morgan fingerprint density at radius 1 is 1.60 bits per heavy atom. The first-order valence-corrected chi connectivity index (χ1v) is 4.47. The summed E-state index contributed by atoms with van der Waals surface area (Å²) < 4.78 is 0. The van der Waals surface area contributed by atoms with Crippen LogP contribution in [-0.4, -0.2) is 15.9 Å². The highest BCUT2D eigenvalue weighted by Gasteiger charge is 2.10. The highest BCUT2D eigenvalue weighted by Crippen LogP contribution is 2.10. The van der Waals surface area contributed by atoms with Crippen LogP contribution in [0.2, 0.25) is 0 Å². The van der Waals surface area contributed by atoms with Gasteiger partial charge in [0.25, 0.3) is 0 Å². The fraction of sp³-hybridized carbons (Fsp3) is 0.857. The molecular formula is C7H13BrO2. The normalized spacial score (nSPS) is 13.0. The van der Waals surface area contributed by atoms with Crippen molar-refractivity contribution in [1.82, 2.24) is 0 Å². The number of hydrogen-bond donors (Lipinski definition) is 1. The summed E-state index contributed by atoms with van der Waals surface area (Å²) in [6.07, 6.45) is 4.00. The Labute approximate surface area is 69.8 Å². The van der Waals surface area contributed by atoms with Crippen molar-refractivity contribution < 1.29 is 9.90 Å². The van der Waals surface area contributed by atoms with Crippen LogP contribution < -0.4 is 0 Å². The number of carboxylic acids is 1. The molecular weight excluding hydrogens is 196 g/mol. The van der Waals surface area contributed by atoms with Crippen molar-refractivity contribution in [2.24, 2.45) is 0 Å². The third-order valence-corrected chi connectivity index (χ3v) is 2.18. The molecule has 0 aromatic rings. The van der Waals surface area contributed by atoms with Gasteiger partial charge in [0.15, 0.2) is 0 Å². The Hall–Kier alpha value is -0.0500. The molecule has 3 heteroatoms. The average molecular weight is 209 g/mol. The van der Waals surface area contributed by atoms with Crippen LogP contribution in [0.5, 0.6) is 0 Å². The quantitative estimate of drug-likeness (QED) is 0.557. The first kappa shape index (κ1) is 9.95. The van der Waals surface area contributed by atoms with Crippen molar-refractivity contribution in [2.45, 2.75) is 37.4 Å². The molecule has 0 aromatic heterocycles. The minimum atomic E-state index is -0.754. The number of halogens is 1. The van der Waals surface area contributed by atoms with Crippen LogP contribution in [-0.2, 0) is 4.79 Å². The first-order valence-electron chi connectivity index (χ1n) is 3.55. The summed E-state index contributed by atoms with van der Waals surface area (Å²) in [5.74, 6) is -0.754. The Morgan fingerprint density at radius 2 is 2.20 bits per heavy atom. The van der Waals surface area contributed by atoms with E-state index in [1.54, 1.807) is 0 Å². The average Bonchev–Trinajstić information content (AvgIpc) is 1.88. The van der Waals surface area contributed by atoms with Gasteiger partial charge in [0.1, 0.15) is 4.83 Å². The Bertz CT molecular complexity index is 104. The van der Waals surface area contributed by atoms with Crippen molar-refractivity contribution in [2.75, 3.05) is 0 Å². The molecule has 0 spiro atoms. The van der Waals surface area contributed by atoms with Gasteiger partial charge in [-0.15, -0.1) is 0 Å². The minimum Gasteiger partial charge on any atom is -0.480 e. The zero-order chi connectivity index (χ0) is 7.98. The summed E-state index contributed by atoms with van der Waals surface area (Å²) >= 11 is 3.07. The lowest BCUT2D eigenvalue weighted by Crippen LogP contribution is -2.11. The summed E-state index contributed by atoms with van der Waals surface area (Å²) in [7, 11) is 0. The molecule has 0 fully saturated rings. The van der Waals surface area contributed by atoms with Crippen molar-refractivity contribution in [1.29, 1.82) is 0 Å². The third kappa shape index (κ3) is 4.79. The van der Waals surface area contributed by atoms with Gasteiger partial charge in [0.2, 0.25) is 0 Å². The molecule has 0 aromatic carbocycles. The van der Waals surface area contributed by atoms with Gasteiger partial charge < -0.3 is 5.11 Å². The van der Waals surface area contributed by atoms with Crippen LogP contribution in [0.15, 0.2) is 0 Å². The number of carboxylic acid groups (broad SMARTS) is 1. The van der Waals surface area contributed by atoms with Crippen LogP contribution in [0.1, 0.15) is 32.6 Å². The van der Waals surface area contributed by atoms with Gasteiger partial charge in [-0.1, -0.05) is 42.1 Å². The van der Waals surface area contributed by atoms with Crippen LogP contribution in [0.4, 0.5) is 0 Å². The molecule has 0 heterocycles. The smallest absolute Gasteiger partial charge is 0.317 e. The number of carbonyl (C=O) groups is 1. The lowest BCUT2D eigenvalue weighted by atomic mass is 10.2. The van der Waals surface area contributed by atoms with Gasteiger partial charge in [-0.2, -0.15) is 0 Å². The van der Waals surface area contributed by atoms with Crippen molar-refractivity contribution in [3.63, 3.8) is 0 Å². The highest BCUT2D eigenvalue weighted by molar-refractivity contribution is 9.10. The second-order valence-electron chi connectivity index (χ2n) is 2.30. The predicted octanol–water partition coefficient (Wildman–Crippen LogP) is 2.41. The van der Waals surface area contributed by atoms with E-state index in [4.69, 9.17) is 5.11 Å². The zero-order valence-corrected chi connectivity index (χ0v) is 7.73. The van der Waals surface area contributed by atoms with E-state index in [1.807, 2.05) is 0 Å². The third-order valence-electron chi connectivity index (χ3n) is 1.33. The van der Waals surface area contributed by atoms with E-state index in [0.717, 1.165) is 25.7 Å². The van der Waals surface area contributed by atoms with Gasteiger partial charge in [-0.3, -0.25) is 4.79 Å². The second-order valence-corrected chi connectivity index (χ2v) is 3.41. The lowest BCUT2D eigenvalue weighted by Gasteiger charge is -2.01. The summed E-state index contributed by atoms with van der Waals surface area (Å²) in [5.41, 5.74) is 0. The molecule has 0 radical (unpaired) electrons. The van der Waals surface area contributed by atoms with Gasteiger partial charge in [-0.05, 0) is 6.42 Å². The van der Waals surface area contributed by atoms with E-state index in [1.165, 1.54) is 0 Å². The SMILES string of the molecule is CCCCCC(Br)C(=O)O. The molecule has 0 saturated carbocycles. The highest BCUT2D eigenvalue weighted by atomic mass is 79.9. The number of hydrogen-bond acceptors (Lipinski definition) is 1. The van der Waals surface area contributed by atoms with Gasteiger partial charge in [0, 0.05) is 0 Å². The molecule has 0 bridgehead atoms. The number of aliphatic carboxylic acids is 1. The molecule has 60 valence electrons. The van der Waals surface area contributed by atoms with E-state index in [-0.39, 0.29) is 4.83 Å². The Balaban J connectivity index is 3.21. The molecule has 2 nitrogen and oxygen atoms in total. The van der Waals surface area contributed by atoms with Crippen molar-refractivity contribution in [3.8, 4) is 0 Å². The maximum atomic E-state index is 10.2. The molecule has 0 rings (SSSR count). The monoisotopic (exact) mass is 208 g/mol. The number of rotatable bonds is 5. The van der Waals surface area contributed by atoms with Gasteiger partial charge in [-0.25, -0.2) is 0 Å². The van der Waals surface area contributed by atoms with E-state index in [9.17, 15) is 4.79 Å². The van der Waals surface area contributed by atoms with Crippen LogP contribution in [0.3, 0.4) is 0 Å². The summed E-state index contributed by atoms with van der Waals surface area (Å²) in [6.45, 7) is 2.10. The molecule has 0 saturated heterocycles. The molecule has 10 heavy (non-hydrogen) atoms. The predicted molar refractivity (Wildman–Crippen MR) is 44.5 cm³/mol. The molecule has 0 aliphatic heterocycles. The standard InChI is InChI=1S/C7H13BrO2/c1-2-3-4-5-6(8)7(9)10/h6H,2-5H2,1H3,(H,9,10). The van der Waals surface area contributed by atoms with Gasteiger partial charge >= 0.3 is 5.97 Å². The molecule has 1 N–H and O–H groups in total. The topological polar surface area (TPSA) is 37.3 Å². The lowest BCUT2D eigenvalue weighted by molar-refractivity contribution is -0.136. The fourth-order valence-corrected chi connectivity index (χ4v) is 1.02.